The van der Waals surface area contributed by atoms with Gasteiger partial charge in [-0.05, 0) is 43.4 Å². The van der Waals surface area contributed by atoms with Crippen molar-refractivity contribution >= 4 is 18.0 Å². The Hall–Kier alpha value is -1.12. The van der Waals surface area contributed by atoms with Crippen LogP contribution in [0, 0.1) is 4.77 Å². The number of Topliss-reactive ketones (excluding diaryl/α,β-unsaturated/α-hetero) is 1. The van der Waals surface area contributed by atoms with Crippen LogP contribution in [0.2, 0.25) is 0 Å². The zero-order valence-electron chi connectivity index (χ0n) is 11.1. The molecule has 8 heteroatoms. The van der Waals surface area contributed by atoms with Crippen LogP contribution in [0.4, 0.5) is 0 Å². The fourth-order valence-electron chi connectivity index (χ4n) is 2.35. The van der Waals surface area contributed by atoms with E-state index in [1.165, 1.54) is 0 Å². The topological polar surface area (TPSA) is 71.2 Å². The van der Waals surface area contributed by atoms with Gasteiger partial charge in [-0.2, -0.15) is 0 Å². The lowest BCUT2D eigenvalue weighted by Gasteiger charge is -2.26. The molecule has 0 unspecified atom stereocenters. The van der Waals surface area contributed by atoms with Crippen LogP contribution in [-0.4, -0.2) is 44.6 Å². The zero-order valence-corrected chi connectivity index (χ0v) is 11.9. The van der Waals surface area contributed by atoms with Crippen LogP contribution in [0.5, 0.6) is 0 Å². The van der Waals surface area contributed by atoms with Crippen LogP contribution in [0.1, 0.15) is 33.2 Å². The van der Waals surface area contributed by atoms with Crippen LogP contribution >= 0.6 is 12.2 Å². The standard InChI is InChI=1S/C11H16N4O3S/c1-11(2,3)15-10(19)14(12-13-15)6-4-7(16)9-17-5-8(6)18-9/h6,8-9H,4-5H2,1-3H3/t6-,8-,9+/m1/s1. The first kappa shape index (κ1) is 12.9. The van der Waals surface area contributed by atoms with Crippen LogP contribution < -0.4 is 0 Å². The van der Waals surface area contributed by atoms with Crippen molar-refractivity contribution in [1.29, 1.82) is 0 Å². The van der Waals surface area contributed by atoms with E-state index in [2.05, 4.69) is 10.4 Å². The van der Waals surface area contributed by atoms with E-state index in [1.807, 2.05) is 20.8 Å². The summed E-state index contributed by atoms with van der Waals surface area (Å²) in [6, 6.07) is -0.227. The van der Waals surface area contributed by atoms with Crippen molar-refractivity contribution < 1.29 is 14.3 Å². The first-order chi connectivity index (χ1) is 8.88. The molecule has 19 heavy (non-hydrogen) atoms. The maximum Gasteiger partial charge on any atom is 0.218 e. The summed E-state index contributed by atoms with van der Waals surface area (Å²) in [5.74, 6) is -0.0639. The Morgan fingerprint density at radius 1 is 1.37 bits per heavy atom. The molecule has 2 saturated heterocycles. The number of ether oxygens (including phenoxy) is 2. The van der Waals surface area contributed by atoms with Gasteiger partial charge >= 0.3 is 0 Å². The summed E-state index contributed by atoms with van der Waals surface area (Å²) >= 11 is 5.40. The van der Waals surface area contributed by atoms with Crippen LogP contribution in [0.3, 0.4) is 0 Å². The maximum atomic E-state index is 11.8. The average molecular weight is 284 g/mol. The van der Waals surface area contributed by atoms with Gasteiger partial charge in [0.2, 0.25) is 11.1 Å². The van der Waals surface area contributed by atoms with Crippen molar-refractivity contribution in [2.45, 2.75) is 51.2 Å². The van der Waals surface area contributed by atoms with Gasteiger partial charge in [-0.15, -0.1) is 0 Å². The highest BCUT2D eigenvalue weighted by Gasteiger charge is 2.45. The Labute approximate surface area is 115 Å². The van der Waals surface area contributed by atoms with Crippen molar-refractivity contribution in [3.8, 4) is 0 Å². The molecule has 0 aliphatic carbocycles. The number of tetrazole rings is 1. The van der Waals surface area contributed by atoms with Gasteiger partial charge in [0.1, 0.15) is 6.10 Å². The first-order valence-corrected chi connectivity index (χ1v) is 6.63. The molecule has 0 saturated carbocycles. The van der Waals surface area contributed by atoms with E-state index in [4.69, 9.17) is 21.7 Å². The molecular formula is C11H16N4O3S. The number of carbonyl (C=O) groups excluding carboxylic acids is 1. The fourth-order valence-corrected chi connectivity index (χ4v) is 2.84. The molecule has 2 bridgehead atoms. The Morgan fingerprint density at radius 3 is 2.74 bits per heavy atom. The highest BCUT2D eigenvalue weighted by molar-refractivity contribution is 7.71. The molecule has 3 rings (SSSR count). The molecule has 0 radical (unpaired) electrons. The average Bonchev–Trinajstić information content (AvgIpc) is 2.88. The van der Waals surface area contributed by atoms with E-state index in [9.17, 15) is 4.79 Å². The SMILES string of the molecule is CC(C)(C)n1nnn([C@@H]2CC(=O)[C@H]3OC[C@H]2O3)c1=S. The molecule has 0 spiro atoms. The predicted molar refractivity (Wildman–Crippen MR) is 67.1 cm³/mol. The third-order valence-electron chi connectivity index (χ3n) is 3.37. The van der Waals surface area contributed by atoms with E-state index >= 15 is 0 Å². The van der Waals surface area contributed by atoms with Crippen molar-refractivity contribution in [1.82, 2.24) is 19.8 Å². The Kier molecular flexibility index (Phi) is 2.84. The zero-order chi connectivity index (χ0) is 13.8. The molecule has 7 nitrogen and oxygen atoms in total. The van der Waals surface area contributed by atoms with Crippen molar-refractivity contribution in [3.63, 3.8) is 0 Å². The minimum atomic E-state index is -0.701. The van der Waals surface area contributed by atoms with Gasteiger partial charge in [0.25, 0.3) is 0 Å². The quantitative estimate of drug-likeness (QED) is 0.711. The minimum Gasteiger partial charge on any atom is -0.343 e. The summed E-state index contributed by atoms with van der Waals surface area (Å²) in [5.41, 5.74) is -0.246. The van der Waals surface area contributed by atoms with E-state index in [1.54, 1.807) is 9.36 Å². The number of nitrogens with zero attached hydrogens (tertiary/aromatic N) is 4. The monoisotopic (exact) mass is 284 g/mol. The summed E-state index contributed by atoms with van der Waals surface area (Å²) in [7, 11) is 0. The molecule has 2 aliphatic rings. The van der Waals surface area contributed by atoms with E-state index in [0.29, 0.717) is 17.8 Å². The number of hydrogen-bond donors (Lipinski definition) is 0. The first-order valence-electron chi connectivity index (χ1n) is 6.23. The second-order valence-corrected chi connectivity index (χ2v) is 6.23. The molecule has 1 aromatic heterocycles. The van der Waals surface area contributed by atoms with Crippen molar-refractivity contribution in [3.05, 3.63) is 4.77 Å². The molecule has 2 fully saturated rings. The number of rotatable bonds is 1. The maximum absolute atomic E-state index is 11.8. The van der Waals surface area contributed by atoms with Crippen molar-refractivity contribution in [2.75, 3.05) is 6.61 Å². The third-order valence-corrected chi connectivity index (χ3v) is 3.73. The number of fused-ring (bicyclic) bond motifs is 2. The predicted octanol–water partition coefficient (Wildman–Crippen LogP) is 0.819. The van der Waals surface area contributed by atoms with Crippen LogP contribution in [0.25, 0.3) is 0 Å². The van der Waals surface area contributed by atoms with E-state index in [-0.39, 0.29) is 23.5 Å². The minimum absolute atomic E-state index is 0.0639. The van der Waals surface area contributed by atoms with Gasteiger partial charge in [0, 0.05) is 6.42 Å². The van der Waals surface area contributed by atoms with Gasteiger partial charge in [0.15, 0.2) is 5.78 Å². The Bertz CT molecular complexity index is 573. The largest absolute Gasteiger partial charge is 0.343 e. The third kappa shape index (κ3) is 2.03. The molecule has 3 atom stereocenters. The number of aromatic nitrogens is 4. The lowest BCUT2D eigenvalue weighted by molar-refractivity contribution is -0.156. The molecule has 3 heterocycles. The molecule has 1 aromatic rings. The molecule has 0 amide bonds. The molecule has 104 valence electrons. The van der Waals surface area contributed by atoms with Crippen LogP contribution in [0.15, 0.2) is 0 Å². The smallest absolute Gasteiger partial charge is 0.218 e. The molecule has 0 N–H and O–H groups in total. The molecule has 0 aromatic carbocycles. The second-order valence-electron chi connectivity index (χ2n) is 5.87. The fraction of sp³-hybridized carbons (Fsp3) is 0.818. The normalized spacial score (nSPS) is 30.9. The van der Waals surface area contributed by atoms with Gasteiger partial charge in [-0.1, -0.05) is 0 Å². The van der Waals surface area contributed by atoms with Crippen LogP contribution in [-0.2, 0) is 19.8 Å². The number of carbonyl (C=O) groups is 1. The van der Waals surface area contributed by atoms with E-state index in [0.717, 1.165) is 0 Å². The van der Waals surface area contributed by atoms with E-state index < -0.39 is 6.29 Å². The highest BCUT2D eigenvalue weighted by Crippen LogP contribution is 2.32. The van der Waals surface area contributed by atoms with Crippen molar-refractivity contribution in [2.24, 2.45) is 0 Å². The van der Waals surface area contributed by atoms with Gasteiger partial charge in [0.05, 0.1) is 18.2 Å². The summed E-state index contributed by atoms with van der Waals surface area (Å²) in [6.07, 6.45) is -0.556. The Balaban J connectivity index is 1.97. The van der Waals surface area contributed by atoms with Gasteiger partial charge in [-0.25, -0.2) is 9.36 Å². The number of hydrogen-bond acceptors (Lipinski definition) is 6. The summed E-state index contributed by atoms with van der Waals surface area (Å²) in [6.45, 7) is 6.39. The Morgan fingerprint density at radius 2 is 2.11 bits per heavy atom. The van der Waals surface area contributed by atoms with Gasteiger partial charge < -0.3 is 9.47 Å². The molecule has 2 aliphatic heterocycles. The lowest BCUT2D eigenvalue weighted by atomic mass is 10.0. The lowest BCUT2D eigenvalue weighted by Crippen LogP contribution is -2.37. The van der Waals surface area contributed by atoms with Gasteiger partial charge in [-0.3, -0.25) is 4.79 Å². The second kappa shape index (κ2) is 4.19. The summed E-state index contributed by atoms with van der Waals surface area (Å²) in [5, 5.41) is 8.18. The highest BCUT2D eigenvalue weighted by atomic mass is 32.1. The number of ketones is 1. The summed E-state index contributed by atoms with van der Waals surface area (Å²) in [4.78, 5) is 11.8. The molecular weight excluding hydrogens is 268 g/mol. The summed E-state index contributed by atoms with van der Waals surface area (Å²) < 4.78 is 14.6.